The number of aryl methyl sites for hydroxylation is 2. The largest absolute Gasteiger partial charge is 0.508 e. The summed E-state index contributed by atoms with van der Waals surface area (Å²) in [5.41, 5.74) is 4.69. The summed E-state index contributed by atoms with van der Waals surface area (Å²) in [5.74, 6) is 0.641. The van der Waals surface area contributed by atoms with Crippen LogP contribution < -0.4 is 0 Å². The lowest BCUT2D eigenvalue weighted by Gasteiger charge is -2.19. The maximum Gasteiger partial charge on any atom is 0.115 e. The van der Waals surface area contributed by atoms with Gasteiger partial charge < -0.3 is 10.2 Å². The van der Waals surface area contributed by atoms with Crippen molar-refractivity contribution in [2.75, 3.05) is 0 Å². The van der Waals surface area contributed by atoms with E-state index in [9.17, 15) is 10.2 Å². The van der Waals surface area contributed by atoms with E-state index >= 15 is 0 Å². The predicted octanol–water partition coefficient (Wildman–Crippen LogP) is 2.86. The first-order valence-electron chi connectivity index (χ1n) is 5.38. The van der Waals surface area contributed by atoms with Crippen LogP contribution >= 0.6 is 0 Å². The van der Waals surface area contributed by atoms with Gasteiger partial charge in [-0.25, -0.2) is 0 Å². The molecule has 0 spiro atoms. The van der Waals surface area contributed by atoms with Crippen LogP contribution in [0.4, 0.5) is 0 Å². The van der Waals surface area contributed by atoms with Crippen LogP contribution in [0.2, 0.25) is 0 Å². The van der Waals surface area contributed by atoms with E-state index in [0.717, 1.165) is 12.8 Å². The van der Waals surface area contributed by atoms with Crippen molar-refractivity contribution in [3.63, 3.8) is 0 Å². The Morgan fingerprint density at radius 1 is 0.688 bits per heavy atom. The van der Waals surface area contributed by atoms with Crippen LogP contribution in [-0.4, -0.2) is 10.2 Å². The molecular weight excluding hydrogens is 200 g/mol. The molecule has 16 heavy (non-hydrogen) atoms. The van der Waals surface area contributed by atoms with Gasteiger partial charge in [0.25, 0.3) is 0 Å². The Morgan fingerprint density at radius 2 is 1.12 bits per heavy atom. The third kappa shape index (κ3) is 1.34. The Labute approximate surface area is 93.8 Å². The molecule has 2 nitrogen and oxygen atoms in total. The summed E-state index contributed by atoms with van der Waals surface area (Å²) in [7, 11) is 0. The Bertz CT molecular complexity index is 507. The second kappa shape index (κ2) is 3.27. The number of aromatic hydroxyl groups is 2. The number of benzene rings is 2. The standard InChI is InChI=1S/C14H12O2/c15-11-3-5-13-9(7-11)1-2-10-8-12(16)4-6-14(10)13/h3-8,15-16H,1-2H2. The molecule has 0 aliphatic heterocycles. The molecule has 3 rings (SSSR count). The van der Waals surface area contributed by atoms with E-state index in [1.54, 1.807) is 12.1 Å². The number of phenolic OH excluding ortho intramolecular Hbond substituents is 2. The van der Waals surface area contributed by atoms with Gasteiger partial charge in [-0.05, 0) is 59.4 Å². The van der Waals surface area contributed by atoms with Gasteiger partial charge in [0, 0.05) is 0 Å². The van der Waals surface area contributed by atoms with E-state index in [1.807, 2.05) is 24.3 Å². The normalized spacial score (nSPS) is 13.0. The fraction of sp³-hybridized carbons (Fsp3) is 0.143. The van der Waals surface area contributed by atoms with Crippen molar-refractivity contribution in [1.29, 1.82) is 0 Å². The molecule has 0 unspecified atom stereocenters. The zero-order chi connectivity index (χ0) is 11.1. The SMILES string of the molecule is Oc1ccc2c(c1)CCc1cc(O)ccc1-2. The van der Waals surface area contributed by atoms with E-state index < -0.39 is 0 Å². The molecule has 0 saturated heterocycles. The van der Waals surface area contributed by atoms with Crippen molar-refractivity contribution in [3.8, 4) is 22.6 Å². The van der Waals surface area contributed by atoms with E-state index in [1.165, 1.54) is 22.3 Å². The van der Waals surface area contributed by atoms with E-state index in [0.29, 0.717) is 11.5 Å². The predicted molar refractivity (Wildman–Crippen MR) is 62.6 cm³/mol. The van der Waals surface area contributed by atoms with Gasteiger partial charge >= 0.3 is 0 Å². The minimum atomic E-state index is 0.320. The summed E-state index contributed by atoms with van der Waals surface area (Å²) < 4.78 is 0. The molecule has 0 heterocycles. The van der Waals surface area contributed by atoms with Crippen LogP contribution in [0.3, 0.4) is 0 Å². The van der Waals surface area contributed by atoms with Crippen molar-refractivity contribution in [2.24, 2.45) is 0 Å². The Kier molecular flexibility index (Phi) is 1.90. The van der Waals surface area contributed by atoms with E-state index in [-0.39, 0.29) is 0 Å². The van der Waals surface area contributed by atoms with Gasteiger partial charge in [-0.3, -0.25) is 0 Å². The third-order valence-electron chi connectivity index (χ3n) is 3.13. The second-order valence-electron chi connectivity index (χ2n) is 4.18. The van der Waals surface area contributed by atoms with Crippen LogP contribution in [0.5, 0.6) is 11.5 Å². The molecule has 0 bridgehead atoms. The number of phenols is 2. The van der Waals surface area contributed by atoms with Gasteiger partial charge in [0.05, 0.1) is 0 Å². The molecule has 0 fully saturated rings. The van der Waals surface area contributed by atoms with Crippen molar-refractivity contribution in [2.45, 2.75) is 12.8 Å². The minimum Gasteiger partial charge on any atom is -0.508 e. The molecule has 1 aliphatic carbocycles. The fourth-order valence-corrected chi connectivity index (χ4v) is 2.37. The van der Waals surface area contributed by atoms with Crippen LogP contribution in [0.25, 0.3) is 11.1 Å². The third-order valence-corrected chi connectivity index (χ3v) is 3.13. The number of hydrogen-bond donors (Lipinski definition) is 2. The van der Waals surface area contributed by atoms with Crippen LogP contribution in [-0.2, 0) is 12.8 Å². The van der Waals surface area contributed by atoms with Crippen LogP contribution in [0.1, 0.15) is 11.1 Å². The van der Waals surface area contributed by atoms with Crippen molar-refractivity contribution >= 4 is 0 Å². The highest BCUT2D eigenvalue weighted by atomic mass is 16.3. The van der Waals surface area contributed by atoms with Crippen molar-refractivity contribution in [1.82, 2.24) is 0 Å². The first-order chi connectivity index (χ1) is 7.74. The molecule has 0 radical (unpaired) electrons. The summed E-state index contributed by atoms with van der Waals surface area (Å²) in [6, 6.07) is 11.0. The maximum atomic E-state index is 9.44. The van der Waals surface area contributed by atoms with E-state index in [4.69, 9.17) is 0 Å². The molecule has 0 atom stereocenters. The lowest BCUT2D eigenvalue weighted by molar-refractivity contribution is 0.473. The van der Waals surface area contributed by atoms with E-state index in [2.05, 4.69) is 0 Å². The topological polar surface area (TPSA) is 40.5 Å². The Morgan fingerprint density at radius 3 is 1.56 bits per heavy atom. The first kappa shape index (κ1) is 9.28. The van der Waals surface area contributed by atoms with Gasteiger partial charge in [-0.1, -0.05) is 12.1 Å². The summed E-state index contributed by atoms with van der Waals surface area (Å²) in [6.07, 6.45) is 1.83. The lowest BCUT2D eigenvalue weighted by Crippen LogP contribution is -2.03. The molecule has 2 heteroatoms. The zero-order valence-electron chi connectivity index (χ0n) is 8.77. The van der Waals surface area contributed by atoms with Gasteiger partial charge in [-0.2, -0.15) is 0 Å². The summed E-state index contributed by atoms with van der Waals surface area (Å²) in [5, 5.41) is 18.9. The average Bonchev–Trinajstić information content (AvgIpc) is 2.28. The fourth-order valence-electron chi connectivity index (χ4n) is 2.37. The molecule has 80 valence electrons. The van der Waals surface area contributed by atoms with Gasteiger partial charge in [0.15, 0.2) is 0 Å². The Hall–Kier alpha value is -1.96. The maximum absolute atomic E-state index is 9.44. The first-order valence-corrected chi connectivity index (χ1v) is 5.38. The smallest absolute Gasteiger partial charge is 0.115 e. The summed E-state index contributed by atoms with van der Waals surface area (Å²) in [6.45, 7) is 0. The molecule has 0 amide bonds. The molecular formula is C14H12O2. The summed E-state index contributed by atoms with van der Waals surface area (Å²) >= 11 is 0. The molecule has 1 aliphatic rings. The lowest BCUT2D eigenvalue weighted by atomic mass is 9.85. The van der Waals surface area contributed by atoms with Gasteiger partial charge in [0.2, 0.25) is 0 Å². The van der Waals surface area contributed by atoms with Gasteiger partial charge in [0.1, 0.15) is 11.5 Å². The summed E-state index contributed by atoms with van der Waals surface area (Å²) in [4.78, 5) is 0. The second-order valence-corrected chi connectivity index (χ2v) is 4.18. The minimum absolute atomic E-state index is 0.320. The highest BCUT2D eigenvalue weighted by molar-refractivity contribution is 5.74. The molecule has 0 saturated carbocycles. The molecule has 0 aromatic heterocycles. The highest BCUT2D eigenvalue weighted by Gasteiger charge is 2.16. The monoisotopic (exact) mass is 212 g/mol. The van der Waals surface area contributed by atoms with Gasteiger partial charge in [-0.15, -0.1) is 0 Å². The van der Waals surface area contributed by atoms with Crippen molar-refractivity contribution < 1.29 is 10.2 Å². The number of rotatable bonds is 0. The number of fused-ring (bicyclic) bond motifs is 3. The van der Waals surface area contributed by atoms with Crippen molar-refractivity contribution in [3.05, 3.63) is 47.5 Å². The quantitative estimate of drug-likeness (QED) is 0.705. The molecule has 2 aromatic carbocycles. The molecule has 2 aromatic rings. The zero-order valence-corrected chi connectivity index (χ0v) is 8.77. The number of hydrogen-bond acceptors (Lipinski definition) is 2. The average molecular weight is 212 g/mol. The van der Waals surface area contributed by atoms with Crippen LogP contribution in [0, 0.1) is 0 Å². The Balaban J connectivity index is 2.23. The highest BCUT2D eigenvalue weighted by Crippen LogP contribution is 2.36. The van der Waals surface area contributed by atoms with Crippen LogP contribution in [0.15, 0.2) is 36.4 Å². The molecule has 2 N–H and O–H groups in total.